The van der Waals surface area contributed by atoms with E-state index < -0.39 is 48.8 Å². The van der Waals surface area contributed by atoms with Crippen molar-refractivity contribution >= 4 is 17.9 Å². The van der Waals surface area contributed by atoms with Crippen LogP contribution in [0.25, 0.3) is 0 Å². The quantitative estimate of drug-likeness (QED) is 0.350. The second kappa shape index (κ2) is 13.8. The summed E-state index contributed by atoms with van der Waals surface area (Å²) in [5.74, 6) is -1.10. The first-order valence-electron chi connectivity index (χ1n) is 11.4. The van der Waals surface area contributed by atoms with Crippen molar-refractivity contribution in [3.05, 3.63) is 35.4 Å². The van der Waals surface area contributed by atoms with E-state index in [1.165, 1.54) is 4.90 Å². The van der Waals surface area contributed by atoms with Gasteiger partial charge in [-0.25, -0.2) is 4.79 Å². The van der Waals surface area contributed by atoms with Gasteiger partial charge in [0.2, 0.25) is 11.8 Å². The van der Waals surface area contributed by atoms with Crippen LogP contribution < -0.4 is 10.6 Å². The molecule has 0 aromatic heterocycles. The molecule has 3 amide bonds. The van der Waals surface area contributed by atoms with Crippen LogP contribution in [0.15, 0.2) is 24.3 Å². The summed E-state index contributed by atoms with van der Waals surface area (Å²) in [7, 11) is 0. The Morgan fingerprint density at radius 1 is 1.15 bits per heavy atom. The first-order valence-corrected chi connectivity index (χ1v) is 11.4. The normalized spacial score (nSPS) is 13.1. The minimum Gasteiger partial charge on any atom is -0.444 e. The van der Waals surface area contributed by atoms with E-state index in [-0.39, 0.29) is 6.54 Å². The molecule has 0 heterocycles. The lowest BCUT2D eigenvalue weighted by Gasteiger charge is -2.33. The number of nitrogens with zero attached hydrogens (tertiary/aromatic N) is 1. The summed E-state index contributed by atoms with van der Waals surface area (Å²) in [4.78, 5) is 39.9. The Balaban J connectivity index is 3.23. The fraction of sp³-hybridized carbons (Fsp3) is 0.625. The van der Waals surface area contributed by atoms with Gasteiger partial charge in [-0.05, 0) is 39.7 Å². The number of aliphatic hydroxyl groups excluding tert-OH is 2. The van der Waals surface area contributed by atoms with E-state index in [9.17, 15) is 24.6 Å². The lowest BCUT2D eigenvalue weighted by molar-refractivity contribution is -0.143. The van der Waals surface area contributed by atoms with Crippen molar-refractivity contribution in [3.8, 4) is 0 Å². The maximum absolute atomic E-state index is 13.4. The molecule has 186 valence electrons. The number of benzene rings is 1. The zero-order chi connectivity index (χ0) is 25.0. The van der Waals surface area contributed by atoms with Crippen molar-refractivity contribution < 1.29 is 29.3 Å². The molecular formula is C24H39N3O6. The summed E-state index contributed by atoms with van der Waals surface area (Å²) in [6.45, 7) is 8.16. The Morgan fingerprint density at radius 3 is 2.39 bits per heavy atom. The van der Waals surface area contributed by atoms with Gasteiger partial charge in [0.25, 0.3) is 0 Å². The fourth-order valence-electron chi connectivity index (χ4n) is 3.31. The Morgan fingerprint density at radius 2 is 1.85 bits per heavy atom. The molecule has 0 saturated carbocycles. The van der Waals surface area contributed by atoms with Crippen molar-refractivity contribution in [3.63, 3.8) is 0 Å². The number of amides is 3. The van der Waals surface area contributed by atoms with Crippen molar-refractivity contribution in [2.24, 2.45) is 0 Å². The fourth-order valence-corrected chi connectivity index (χ4v) is 3.31. The smallest absolute Gasteiger partial charge is 0.408 e. The second-order valence-corrected chi connectivity index (χ2v) is 8.95. The van der Waals surface area contributed by atoms with E-state index in [4.69, 9.17) is 4.74 Å². The summed E-state index contributed by atoms with van der Waals surface area (Å²) in [6, 6.07) is 4.80. The van der Waals surface area contributed by atoms with Gasteiger partial charge in [-0.1, -0.05) is 49.6 Å². The molecule has 0 saturated heterocycles. The predicted molar refractivity (Wildman–Crippen MR) is 125 cm³/mol. The third-order valence-corrected chi connectivity index (χ3v) is 4.79. The van der Waals surface area contributed by atoms with Gasteiger partial charge in [-0.15, -0.1) is 0 Å². The van der Waals surface area contributed by atoms with Gasteiger partial charge in [0.05, 0.1) is 13.2 Å². The maximum Gasteiger partial charge on any atom is 0.408 e. The highest BCUT2D eigenvalue weighted by Crippen LogP contribution is 2.23. The molecule has 2 atom stereocenters. The number of nitrogens with one attached hydrogen (secondary N) is 2. The Bertz CT molecular complexity index is 778. The molecule has 33 heavy (non-hydrogen) atoms. The summed E-state index contributed by atoms with van der Waals surface area (Å²) in [6.07, 6.45) is 1.90. The molecule has 1 rings (SSSR count). The molecule has 2 unspecified atom stereocenters. The van der Waals surface area contributed by atoms with Crippen LogP contribution in [0.3, 0.4) is 0 Å². The average molecular weight is 466 g/mol. The third-order valence-electron chi connectivity index (χ3n) is 4.79. The monoisotopic (exact) mass is 465 g/mol. The third kappa shape index (κ3) is 9.79. The Hall–Kier alpha value is -2.65. The minimum absolute atomic E-state index is 0.160. The van der Waals surface area contributed by atoms with Crippen LogP contribution >= 0.6 is 0 Å². The van der Waals surface area contributed by atoms with Crippen LogP contribution in [0.1, 0.15) is 64.1 Å². The number of aliphatic hydroxyl groups is 2. The highest BCUT2D eigenvalue weighted by Gasteiger charge is 2.35. The van der Waals surface area contributed by atoms with Crippen molar-refractivity contribution in [2.75, 3.05) is 26.3 Å². The van der Waals surface area contributed by atoms with E-state index in [2.05, 4.69) is 17.6 Å². The molecule has 1 aromatic rings. The van der Waals surface area contributed by atoms with Gasteiger partial charge in [-0.3, -0.25) is 9.59 Å². The van der Waals surface area contributed by atoms with Crippen molar-refractivity contribution in [1.29, 1.82) is 0 Å². The molecule has 0 aliphatic rings. The zero-order valence-electron chi connectivity index (χ0n) is 20.4. The van der Waals surface area contributed by atoms with Gasteiger partial charge in [-0.2, -0.15) is 0 Å². The standard InChI is InChI=1S/C24H39N3O6/c1-6-7-8-12-25-21(30)20(18-11-9-10-17(2)15-18)27(13-14-28)22(31)19(16-29)26-23(32)33-24(3,4)5/h9-11,15,19-20,28-29H,6-8,12-14,16H2,1-5H3,(H,25,30)(H,26,32). The van der Waals surface area contributed by atoms with E-state index in [0.29, 0.717) is 12.1 Å². The van der Waals surface area contributed by atoms with Crippen molar-refractivity contribution in [2.45, 2.75) is 71.6 Å². The average Bonchev–Trinajstić information content (AvgIpc) is 2.73. The van der Waals surface area contributed by atoms with Gasteiger partial charge < -0.3 is 30.5 Å². The number of carbonyl (C=O) groups is 3. The number of ether oxygens (including phenoxy) is 1. The van der Waals surface area contributed by atoms with Gasteiger partial charge in [0, 0.05) is 13.1 Å². The highest BCUT2D eigenvalue weighted by molar-refractivity contribution is 5.92. The predicted octanol–water partition coefficient (Wildman–Crippen LogP) is 2.05. The topological polar surface area (TPSA) is 128 Å². The lowest BCUT2D eigenvalue weighted by Crippen LogP contribution is -2.55. The summed E-state index contributed by atoms with van der Waals surface area (Å²) >= 11 is 0. The van der Waals surface area contributed by atoms with Crippen LogP contribution in [-0.4, -0.2) is 71.0 Å². The largest absolute Gasteiger partial charge is 0.444 e. The SMILES string of the molecule is CCCCCNC(=O)C(c1cccc(C)c1)N(CCO)C(=O)C(CO)NC(=O)OC(C)(C)C. The van der Waals surface area contributed by atoms with Crippen LogP contribution in [-0.2, 0) is 14.3 Å². The van der Waals surface area contributed by atoms with Crippen LogP contribution in [0.4, 0.5) is 4.79 Å². The van der Waals surface area contributed by atoms with Gasteiger partial charge in [0.15, 0.2) is 0 Å². The van der Waals surface area contributed by atoms with Crippen molar-refractivity contribution in [1.82, 2.24) is 15.5 Å². The first kappa shape index (κ1) is 28.4. The molecule has 0 radical (unpaired) electrons. The molecule has 0 spiro atoms. The number of aryl methyl sites for hydroxylation is 1. The Labute approximate surface area is 196 Å². The molecule has 9 heteroatoms. The summed E-state index contributed by atoms with van der Waals surface area (Å²) in [5, 5.41) is 24.7. The van der Waals surface area contributed by atoms with E-state index in [1.54, 1.807) is 39.0 Å². The van der Waals surface area contributed by atoms with Crippen LogP contribution in [0.5, 0.6) is 0 Å². The minimum atomic E-state index is -1.34. The molecular weight excluding hydrogens is 426 g/mol. The number of rotatable bonds is 12. The molecule has 0 aliphatic carbocycles. The van der Waals surface area contributed by atoms with Gasteiger partial charge >= 0.3 is 6.09 Å². The van der Waals surface area contributed by atoms with Crippen LogP contribution in [0, 0.1) is 6.92 Å². The van der Waals surface area contributed by atoms with E-state index in [0.717, 1.165) is 24.8 Å². The number of alkyl carbamates (subject to hydrolysis) is 1. The van der Waals surface area contributed by atoms with E-state index >= 15 is 0 Å². The first-order chi connectivity index (χ1) is 15.5. The van der Waals surface area contributed by atoms with E-state index in [1.807, 2.05) is 13.0 Å². The van der Waals surface area contributed by atoms with Gasteiger partial charge in [0.1, 0.15) is 17.7 Å². The summed E-state index contributed by atoms with van der Waals surface area (Å²) < 4.78 is 5.18. The molecule has 0 aliphatic heterocycles. The number of hydrogen-bond donors (Lipinski definition) is 4. The highest BCUT2D eigenvalue weighted by atomic mass is 16.6. The zero-order valence-corrected chi connectivity index (χ0v) is 20.4. The molecule has 4 N–H and O–H groups in total. The molecule has 0 bridgehead atoms. The molecule has 1 aromatic carbocycles. The number of unbranched alkanes of at least 4 members (excludes halogenated alkanes) is 2. The Kier molecular flexibility index (Phi) is 11.9. The number of hydrogen-bond acceptors (Lipinski definition) is 6. The maximum atomic E-state index is 13.4. The lowest BCUT2D eigenvalue weighted by atomic mass is 10.0. The second-order valence-electron chi connectivity index (χ2n) is 8.95. The molecule has 9 nitrogen and oxygen atoms in total. The number of carbonyl (C=O) groups excluding carboxylic acids is 3. The molecule has 0 fully saturated rings. The summed E-state index contributed by atoms with van der Waals surface area (Å²) in [5.41, 5.74) is 0.678. The van der Waals surface area contributed by atoms with Crippen LogP contribution in [0.2, 0.25) is 0 Å².